The second-order valence-electron chi connectivity index (χ2n) is 3.85. The molecule has 0 aliphatic heterocycles. The Hall–Kier alpha value is -2.43. The predicted molar refractivity (Wildman–Crippen MR) is 64.8 cm³/mol. The summed E-state index contributed by atoms with van der Waals surface area (Å²) in [5, 5.41) is 9.83. The van der Waals surface area contributed by atoms with Crippen LogP contribution in [-0.2, 0) is 4.74 Å². The average molecular weight is 264 g/mol. The average Bonchev–Trinajstić information content (AvgIpc) is 2.41. The van der Waals surface area contributed by atoms with Gasteiger partial charge in [0.2, 0.25) is 0 Å². The molecule has 0 fully saturated rings. The summed E-state index contributed by atoms with van der Waals surface area (Å²) in [5.74, 6) is -2.77. The standard InChI is InChI=1S/C14H10F2O3/c1-19-14(18)9-2-4-10(13(17)7-9)8-3-5-11(15)12(16)6-8/h2-7,17H,1H3. The number of phenols is 1. The molecule has 0 unspecified atom stereocenters. The third-order valence-electron chi connectivity index (χ3n) is 2.65. The van der Waals surface area contributed by atoms with Crippen molar-refractivity contribution in [3.05, 3.63) is 53.6 Å². The van der Waals surface area contributed by atoms with Crippen LogP contribution in [0.15, 0.2) is 36.4 Å². The Labute approximate surface area is 108 Å². The second-order valence-corrected chi connectivity index (χ2v) is 3.85. The molecule has 0 saturated carbocycles. The lowest BCUT2D eigenvalue weighted by atomic mass is 10.0. The van der Waals surface area contributed by atoms with Gasteiger partial charge < -0.3 is 9.84 Å². The Kier molecular flexibility index (Phi) is 3.46. The van der Waals surface area contributed by atoms with E-state index in [1.54, 1.807) is 0 Å². The van der Waals surface area contributed by atoms with E-state index in [0.29, 0.717) is 11.1 Å². The number of halogens is 2. The highest BCUT2D eigenvalue weighted by molar-refractivity contribution is 5.91. The molecule has 2 rings (SSSR count). The van der Waals surface area contributed by atoms with Crippen LogP contribution in [0.3, 0.4) is 0 Å². The first kappa shape index (κ1) is 13.0. The molecule has 0 radical (unpaired) electrons. The molecule has 0 saturated heterocycles. The summed E-state index contributed by atoms with van der Waals surface area (Å²) < 4.78 is 30.5. The van der Waals surface area contributed by atoms with Gasteiger partial charge in [-0.3, -0.25) is 0 Å². The Morgan fingerprint density at radius 1 is 1.11 bits per heavy atom. The van der Waals surface area contributed by atoms with Crippen molar-refractivity contribution in [2.75, 3.05) is 7.11 Å². The van der Waals surface area contributed by atoms with E-state index in [-0.39, 0.29) is 11.3 Å². The lowest BCUT2D eigenvalue weighted by Gasteiger charge is -2.07. The highest BCUT2D eigenvalue weighted by Gasteiger charge is 2.12. The highest BCUT2D eigenvalue weighted by atomic mass is 19.2. The zero-order chi connectivity index (χ0) is 14.0. The van der Waals surface area contributed by atoms with Gasteiger partial charge in [-0.2, -0.15) is 0 Å². The summed E-state index contributed by atoms with van der Waals surface area (Å²) in [6.45, 7) is 0. The molecule has 5 heteroatoms. The molecule has 0 atom stereocenters. The van der Waals surface area contributed by atoms with Gasteiger partial charge in [0.15, 0.2) is 11.6 Å². The molecule has 2 aromatic carbocycles. The largest absolute Gasteiger partial charge is 0.507 e. The van der Waals surface area contributed by atoms with Crippen LogP contribution in [0.5, 0.6) is 5.75 Å². The number of aromatic hydroxyl groups is 1. The van der Waals surface area contributed by atoms with E-state index in [1.807, 2.05) is 0 Å². The summed E-state index contributed by atoms with van der Waals surface area (Å²) in [5.41, 5.74) is 0.783. The molecule has 0 amide bonds. The van der Waals surface area contributed by atoms with E-state index in [1.165, 1.54) is 31.4 Å². The van der Waals surface area contributed by atoms with E-state index < -0.39 is 17.6 Å². The van der Waals surface area contributed by atoms with E-state index in [2.05, 4.69) is 4.74 Å². The van der Waals surface area contributed by atoms with Crippen molar-refractivity contribution in [1.82, 2.24) is 0 Å². The van der Waals surface area contributed by atoms with Crippen molar-refractivity contribution in [2.45, 2.75) is 0 Å². The van der Waals surface area contributed by atoms with Crippen LogP contribution in [0.4, 0.5) is 8.78 Å². The summed E-state index contributed by atoms with van der Waals surface area (Å²) in [6.07, 6.45) is 0. The second kappa shape index (κ2) is 5.06. The SMILES string of the molecule is COC(=O)c1ccc(-c2ccc(F)c(F)c2)c(O)c1. The van der Waals surface area contributed by atoms with E-state index in [0.717, 1.165) is 12.1 Å². The fraction of sp³-hybridized carbons (Fsp3) is 0.0714. The summed E-state index contributed by atoms with van der Waals surface area (Å²) in [7, 11) is 1.22. The number of carbonyl (C=O) groups is 1. The van der Waals surface area contributed by atoms with Crippen LogP contribution >= 0.6 is 0 Å². The molecule has 0 heterocycles. The van der Waals surface area contributed by atoms with Gasteiger partial charge in [0, 0.05) is 5.56 Å². The van der Waals surface area contributed by atoms with Crippen molar-refractivity contribution >= 4 is 5.97 Å². The van der Waals surface area contributed by atoms with Gasteiger partial charge in [0.05, 0.1) is 12.7 Å². The fourth-order valence-electron chi connectivity index (χ4n) is 1.68. The van der Waals surface area contributed by atoms with E-state index in [4.69, 9.17) is 0 Å². The zero-order valence-corrected chi connectivity index (χ0v) is 9.98. The van der Waals surface area contributed by atoms with Crippen molar-refractivity contribution in [3.63, 3.8) is 0 Å². The topological polar surface area (TPSA) is 46.5 Å². The van der Waals surface area contributed by atoms with Gasteiger partial charge in [0.25, 0.3) is 0 Å². The third-order valence-corrected chi connectivity index (χ3v) is 2.65. The van der Waals surface area contributed by atoms with Gasteiger partial charge in [-0.05, 0) is 35.9 Å². The number of carbonyl (C=O) groups excluding carboxylic acids is 1. The molecule has 19 heavy (non-hydrogen) atoms. The Balaban J connectivity index is 2.46. The molecule has 98 valence electrons. The Morgan fingerprint density at radius 3 is 2.42 bits per heavy atom. The molecule has 2 aromatic rings. The number of hydrogen-bond acceptors (Lipinski definition) is 3. The lowest BCUT2D eigenvalue weighted by molar-refractivity contribution is 0.0600. The van der Waals surface area contributed by atoms with Crippen molar-refractivity contribution in [2.24, 2.45) is 0 Å². The van der Waals surface area contributed by atoms with Crippen molar-refractivity contribution in [3.8, 4) is 16.9 Å². The van der Waals surface area contributed by atoms with E-state index in [9.17, 15) is 18.7 Å². The molecular formula is C14H10F2O3. The molecule has 0 spiro atoms. The first-order valence-corrected chi connectivity index (χ1v) is 5.39. The maximum absolute atomic E-state index is 13.1. The minimum Gasteiger partial charge on any atom is -0.507 e. The van der Waals surface area contributed by atoms with Crippen LogP contribution in [0, 0.1) is 11.6 Å². The van der Waals surface area contributed by atoms with Gasteiger partial charge in [-0.15, -0.1) is 0 Å². The number of phenolic OH excluding ortho intramolecular Hbond substituents is 1. The quantitative estimate of drug-likeness (QED) is 0.848. The van der Waals surface area contributed by atoms with Crippen molar-refractivity contribution in [1.29, 1.82) is 0 Å². The smallest absolute Gasteiger partial charge is 0.337 e. The highest BCUT2D eigenvalue weighted by Crippen LogP contribution is 2.31. The van der Waals surface area contributed by atoms with Gasteiger partial charge in [0.1, 0.15) is 5.75 Å². The first-order chi connectivity index (χ1) is 9.02. The van der Waals surface area contributed by atoms with Gasteiger partial charge in [-0.25, -0.2) is 13.6 Å². The van der Waals surface area contributed by atoms with Crippen LogP contribution < -0.4 is 0 Å². The molecule has 3 nitrogen and oxygen atoms in total. The molecular weight excluding hydrogens is 254 g/mol. The van der Waals surface area contributed by atoms with Crippen LogP contribution in [-0.4, -0.2) is 18.2 Å². The third kappa shape index (κ3) is 2.54. The zero-order valence-electron chi connectivity index (χ0n) is 9.98. The minimum absolute atomic E-state index is 0.173. The van der Waals surface area contributed by atoms with Crippen LogP contribution in [0.25, 0.3) is 11.1 Å². The number of esters is 1. The Morgan fingerprint density at radius 2 is 1.84 bits per heavy atom. The van der Waals surface area contributed by atoms with Crippen LogP contribution in [0.2, 0.25) is 0 Å². The number of ether oxygens (including phenoxy) is 1. The summed E-state index contributed by atoms with van der Waals surface area (Å²) in [4.78, 5) is 11.3. The van der Waals surface area contributed by atoms with Crippen LogP contribution in [0.1, 0.15) is 10.4 Å². The molecule has 0 aliphatic carbocycles. The van der Waals surface area contributed by atoms with Gasteiger partial charge >= 0.3 is 5.97 Å². The minimum atomic E-state index is -1.01. The number of hydrogen-bond donors (Lipinski definition) is 1. The lowest BCUT2D eigenvalue weighted by Crippen LogP contribution is -2.00. The van der Waals surface area contributed by atoms with Crippen molar-refractivity contribution < 1.29 is 23.4 Å². The summed E-state index contributed by atoms with van der Waals surface area (Å²) in [6, 6.07) is 7.37. The van der Waals surface area contributed by atoms with Gasteiger partial charge in [-0.1, -0.05) is 6.07 Å². The number of methoxy groups -OCH3 is 1. The fourth-order valence-corrected chi connectivity index (χ4v) is 1.68. The summed E-state index contributed by atoms with van der Waals surface area (Å²) >= 11 is 0. The van der Waals surface area contributed by atoms with E-state index >= 15 is 0 Å². The monoisotopic (exact) mass is 264 g/mol. The molecule has 0 bridgehead atoms. The maximum atomic E-state index is 13.1. The molecule has 1 N–H and O–H groups in total. The maximum Gasteiger partial charge on any atom is 0.337 e. The number of rotatable bonds is 2. The number of benzene rings is 2. The normalized spacial score (nSPS) is 10.3. The Bertz CT molecular complexity index is 639. The predicted octanol–water partition coefficient (Wildman–Crippen LogP) is 3.12. The molecule has 0 aliphatic rings. The molecule has 0 aromatic heterocycles. The first-order valence-electron chi connectivity index (χ1n) is 5.39.